The third-order valence-corrected chi connectivity index (χ3v) is 6.02. The Hall–Kier alpha value is -2.96. The van der Waals surface area contributed by atoms with E-state index in [9.17, 15) is 9.59 Å². The van der Waals surface area contributed by atoms with Crippen LogP contribution in [0.5, 0.6) is 0 Å². The lowest BCUT2D eigenvalue weighted by atomic mass is 9.96. The Kier molecular flexibility index (Phi) is 6.44. The van der Waals surface area contributed by atoms with Crippen molar-refractivity contribution in [2.24, 2.45) is 0 Å². The molecule has 0 saturated carbocycles. The summed E-state index contributed by atoms with van der Waals surface area (Å²) in [7, 11) is 0. The van der Waals surface area contributed by atoms with Gasteiger partial charge in [0.25, 0.3) is 5.91 Å². The molecule has 0 saturated heterocycles. The molecule has 0 radical (unpaired) electrons. The number of hydrogen-bond donors (Lipinski definition) is 1. The molecule has 164 valence electrons. The number of rotatable bonds is 6. The summed E-state index contributed by atoms with van der Waals surface area (Å²) in [6.45, 7) is 3.87. The van der Waals surface area contributed by atoms with Gasteiger partial charge in [-0.3, -0.25) is 14.4 Å². The number of nitrogens with zero attached hydrogens (tertiary/aromatic N) is 1. The molecule has 0 aromatic heterocycles. The van der Waals surface area contributed by atoms with E-state index in [1.165, 1.54) is 5.06 Å². The first-order valence-electron chi connectivity index (χ1n) is 10.5. The van der Waals surface area contributed by atoms with Crippen molar-refractivity contribution in [3.05, 3.63) is 100 Å². The van der Waals surface area contributed by atoms with Gasteiger partial charge in [-0.05, 0) is 37.6 Å². The first kappa shape index (κ1) is 22.2. The monoisotopic (exact) mass is 492 g/mol. The highest BCUT2D eigenvalue weighted by atomic mass is 79.9. The highest BCUT2D eigenvalue weighted by Gasteiger charge is 2.42. The van der Waals surface area contributed by atoms with Crippen molar-refractivity contribution in [1.82, 2.24) is 5.06 Å². The standard InChI is InChI=1S/C26H25BrN2O3/c1-26(2)25(31)29(32-17-18-9-5-3-6-10-18)23(16-24(30)19-11-7-4-8-12-19)21-15-20(27)13-14-22(21)28-26/h3-15,23,28H,16-17H2,1-2H3. The van der Waals surface area contributed by atoms with Crippen LogP contribution in [0.25, 0.3) is 0 Å². The lowest BCUT2D eigenvalue weighted by Crippen LogP contribution is -2.49. The number of anilines is 1. The number of amides is 1. The van der Waals surface area contributed by atoms with Gasteiger partial charge in [0.2, 0.25) is 0 Å². The molecule has 32 heavy (non-hydrogen) atoms. The molecule has 0 fully saturated rings. The Morgan fingerprint density at radius 2 is 1.69 bits per heavy atom. The Morgan fingerprint density at radius 3 is 2.38 bits per heavy atom. The number of ketones is 1. The second kappa shape index (κ2) is 9.27. The van der Waals surface area contributed by atoms with E-state index in [4.69, 9.17) is 4.84 Å². The van der Waals surface area contributed by atoms with Crippen LogP contribution in [0.15, 0.2) is 83.3 Å². The van der Waals surface area contributed by atoms with Crippen LogP contribution < -0.4 is 5.32 Å². The zero-order valence-corrected chi connectivity index (χ0v) is 19.6. The van der Waals surface area contributed by atoms with Crippen molar-refractivity contribution < 1.29 is 14.4 Å². The number of Topliss-reactive ketones (excluding diaryl/α,β-unsaturated/α-hetero) is 1. The Morgan fingerprint density at radius 1 is 1.03 bits per heavy atom. The number of nitrogens with one attached hydrogen (secondary N) is 1. The number of benzene rings is 3. The molecular weight excluding hydrogens is 468 g/mol. The molecule has 0 spiro atoms. The third-order valence-electron chi connectivity index (χ3n) is 5.53. The number of carbonyl (C=O) groups excluding carboxylic acids is 2. The van der Waals surface area contributed by atoms with Crippen LogP contribution in [0.4, 0.5) is 5.69 Å². The van der Waals surface area contributed by atoms with Gasteiger partial charge >= 0.3 is 0 Å². The summed E-state index contributed by atoms with van der Waals surface area (Å²) in [5.41, 5.74) is 2.27. The molecule has 1 atom stereocenters. The van der Waals surface area contributed by atoms with Gasteiger partial charge in [-0.25, -0.2) is 5.06 Å². The van der Waals surface area contributed by atoms with Crippen LogP contribution in [0.3, 0.4) is 0 Å². The molecule has 1 amide bonds. The van der Waals surface area contributed by atoms with Crippen molar-refractivity contribution in [3.63, 3.8) is 0 Å². The number of carbonyl (C=O) groups is 2. The minimum absolute atomic E-state index is 0.0534. The van der Waals surface area contributed by atoms with E-state index in [0.717, 1.165) is 21.3 Å². The van der Waals surface area contributed by atoms with Gasteiger partial charge in [-0.2, -0.15) is 0 Å². The molecule has 3 aromatic rings. The number of hydrogen-bond acceptors (Lipinski definition) is 4. The molecule has 1 aliphatic heterocycles. The van der Waals surface area contributed by atoms with E-state index in [1.54, 1.807) is 12.1 Å². The normalized spacial score (nSPS) is 17.3. The lowest BCUT2D eigenvalue weighted by molar-refractivity contribution is -0.209. The summed E-state index contributed by atoms with van der Waals surface area (Å²) in [5, 5.41) is 4.73. The van der Waals surface area contributed by atoms with E-state index in [1.807, 2.05) is 80.6 Å². The molecule has 1 unspecified atom stereocenters. The molecule has 0 bridgehead atoms. The average molecular weight is 493 g/mol. The maximum Gasteiger partial charge on any atom is 0.271 e. The van der Waals surface area contributed by atoms with Crippen LogP contribution in [0, 0.1) is 0 Å². The van der Waals surface area contributed by atoms with Crippen LogP contribution in [0.2, 0.25) is 0 Å². The highest BCUT2D eigenvalue weighted by molar-refractivity contribution is 9.10. The molecule has 4 rings (SSSR count). The van der Waals surface area contributed by atoms with Gasteiger partial charge in [-0.15, -0.1) is 0 Å². The summed E-state index contributed by atoms with van der Waals surface area (Å²) in [5.74, 6) is -0.283. The molecule has 1 aliphatic rings. The second-order valence-corrected chi connectivity index (χ2v) is 9.30. The first-order valence-corrected chi connectivity index (χ1v) is 11.3. The maximum absolute atomic E-state index is 13.6. The average Bonchev–Trinajstić information content (AvgIpc) is 2.87. The van der Waals surface area contributed by atoms with Gasteiger partial charge in [-0.1, -0.05) is 76.6 Å². The van der Waals surface area contributed by atoms with Crippen molar-refractivity contribution >= 4 is 33.3 Å². The van der Waals surface area contributed by atoms with Crippen molar-refractivity contribution in [1.29, 1.82) is 0 Å². The predicted octanol–water partition coefficient (Wildman–Crippen LogP) is 5.93. The van der Waals surface area contributed by atoms with Gasteiger partial charge < -0.3 is 5.32 Å². The van der Waals surface area contributed by atoms with Gasteiger partial charge in [0, 0.05) is 27.7 Å². The fourth-order valence-electron chi connectivity index (χ4n) is 3.83. The van der Waals surface area contributed by atoms with Gasteiger partial charge in [0.15, 0.2) is 5.78 Å². The fraction of sp³-hybridized carbons (Fsp3) is 0.231. The van der Waals surface area contributed by atoms with Crippen molar-refractivity contribution in [3.8, 4) is 0 Å². The van der Waals surface area contributed by atoms with E-state index in [-0.39, 0.29) is 24.7 Å². The Bertz CT molecular complexity index is 1120. The molecule has 3 aromatic carbocycles. The van der Waals surface area contributed by atoms with E-state index in [0.29, 0.717) is 5.56 Å². The van der Waals surface area contributed by atoms with Crippen LogP contribution in [-0.2, 0) is 16.2 Å². The molecule has 5 nitrogen and oxygen atoms in total. The zero-order valence-electron chi connectivity index (χ0n) is 18.0. The minimum atomic E-state index is -0.913. The van der Waals surface area contributed by atoms with Crippen LogP contribution >= 0.6 is 15.9 Å². The van der Waals surface area contributed by atoms with E-state index >= 15 is 0 Å². The van der Waals surface area contributed by atoms with Crippen molar-refractivity contribution in [2.75, 3.05) is 5.32 Å². The third kappa shape index (κ3) is 4.76. The first-order chi connectivity index (χ1) is 15.3. The van der Waals surface area contributed by atoms with E-state index < -0.39 is 11.6 Å². The van der Waals surface area contributed by atoms with E-state index in [2.05, 4.69) is 21.2 Å². The van der Waals surface area contributed by atoms with Gasteiger partial charge in [0.1, 0.15) is 12.1 Å². The largest absolute Gasteiger partial charge is 0.371 e. The number of halogens is 1. The summed E-state index contributed by atoms with van der Waals surface area (Å²) in [6, 6.07) is 24.0. The van der Waals surface area contributed by atoms with Gasteiger partial charge in [0.05, 0.1) is 6.04 Å². The summed E-state index contributed by atoms with van der Waals surface area (Å²) < 4.78 is 0.866. The van der Waals surface area contributed by atoms with Crippen LogP contribution in [-0.4, -0.2) is 22.3 Å². The Labute approximate surface area is 196 Å². The summed E-state index contributed by atoms with van der Waals surface area (Å²) in [4.78, 5) is 32.9. The predicted molar refractivity (Wildman–Crippen MR) is 128 cm³/mol. The number of fused-ring (bicyclic) bond motifs is 1. The lowest BCUT2D eigenvalue weighted by Gasteiger charge is -2.33. The second-order valence-electron chi connectivity index (χ2n) is 8.38. The summed E-state index contributed by atoms with van der Waals surface area (Å²) >= 11 is 3.54. The highest BCUT2D eigenvalue weighted by Crippen LogP contribution is 2.39. The maximum atomic E-state index is 13.6. The Balaban J connectivity index is 1.74. The topological polar surface area (TPSA) is 58.6 Å². The smallest absolute Gasteiger partial charge is 0.271 e. The molecule has 1 heterocycles. The van der Waals surface area contributed by atoms with Crippen molar-refractivity contribution in [2.45, 2.75) is 38.5 Å². The SMILES string of the molecule is CC1(C)Nc2ccc(Br)cc2C(CC(=O)c2ccccc2)N(OCc2ccccc2)C1=O. The molecule has 1 N–H and O–H groups in total. The zero-order chi connectivity index (χ0) is 22.7. The quantitative estimate of drug-likeness (QED) is 0.433. The molecular formula is C26H25BrN2O3. The fourth-order valence-corrected chi connectivity index (χ4v) is 4.21. The molecule has 0 aliphatic carbocycles. The minimum Gasteiger partial charge on any atom is -0.371 e. The number of hydroxylamine groups is 2. The van der Waals surface area contributed by atoms with Crippen LogP contribution in [0.1, 0.15) is 47.8 Å². The summed E-state index contributed by atoms with van der Waals surface area (Å²) in [6.07, 6.45) is 0.103. The molecule has 6 heteroatoms.